The first kappa shape index (κ1) is 16.3. The molecule has 1 unspecified atom stereocenters. The van der Waals surface area contributed by atoms with Gasteiger partial charge in [0.05, 0.1) is 10.2 Å². The number of rotatable bonds is 5. The van der Waals surface area contributed by atoms with Gasteiger partial charge in [0.15, 0.2) is 5.13 Å². The molecule has 0 aliphatic carbocycles. The molecule has 0 aliphatic heterocycles. The lowest BCUT2D eigenvalue weighted by molar-refractivity contribution is -0.119. The Labute approximate surface area is 153 Å². The van der Waals surface area contributed by atoms with Crippen LogP contribution in [-0.4, -0.2) is 31.1 Å². The van der Waals surface area contributed by atoms with Crippen molar-refractivity contribution in [2.24, 2.45) is 0 Å². The molecule has 2 aromatic carbocycles. The summed E-state index contributed by atoms with van der Waals surface area (Å²) < 4.78 is 2.52. The molecule has 2 aromatic heterocycles. The zero-order valence-electron chi connectivity index (χ0n) is 14.0. The lowest BCUT2D eigenvalue weighted by atomic mass is 10.1. The predicted octanol–water partition coefficient (Wildman–Crippen LogP) is 3.01. The van der Waals surface area contributed by atoms with Gasteiger partial charge in [-0.05, 0) is 34.5 Å². The second-order valence-corrected chi connectivity index (χ2v) is 6.96. The zero-order valence-corrected chi connectivity index (χ0v) is 14.8. The smallest absolute Gasteiger partial charge is 0.251 e. The number of nitrogens with zero attached hydrogens (tertiary/aromatic N) is 5. The summed E-state index contributed by atoms with van der Waals surface area (Å²) in [6.07, 6.45) is 1.94. The van der Waals surface area contributed by atoms with Crippen LogP contribution in [0.1, 0.15) is 17.2 Å². The number of para-hydroxylation sites is 1. The Bertz CT molecular complexity index is 1030. The molecule has 0 saturated heterocycles. The Morgan fingerprint density at radius 2 is 2.04 bits per heavy atom. The molecule has 1 amide bonds. The standard InChI is InChI=1S/C18H16N6OS/c1-12-6-5-9-15-16(12)20-18(26-15)21-17(25)14(24-11-19-22-23-24)10-13-7-3-2-4-8-13/h2-9,11,14H,10H2,1H3,(H,20,21,25). The van der Waals surface area contributed by atoms with Crippen LogP contribution >= 0.6 is 11.3 Å². The summed E-state index contributed by atoms with van der Waals surface area (Å²) in [5.74, 6) is -0.196. The van der Waals surface area contributed by atoms with Crippen molar-refractivity contribution in [3.05, 3.63) is 66.0 Å². The van der Waals surface area contributed by atoms with Crippen LogP contribution in [0.15, 0.2) is 54.9 Å². The molecule has 1 N–H and O–H groups in total. The molecule has 130 valence electrons. The Hall–Kier alpha value is -3.13. The molecule has 0 bridgehead atoms. The summed E-state index contributed by atoms with van der Waals surface area (Å²) >= 11 is 1.46. The minimum Gasteiger partial charge on any atom is -0.300 e. The SMILES string of the molecule is Cc1cccc2sc(NC(=O)C(Cc3ccccc3)n3cnnn3)nc12. The maximum absolute atomic E-state index is 12.9. The van der Waals surface area contributed by atoms with Crippen LogP contribution in [0.25, 0.3) is 10.2 Å². The average molecular weight is 364 g/mol. The van der Waals surface area contributed by atoms with E-state index in [2.05, 4.69) is 25.8 Å². The fourth-order valence-corrected chi connectivity index (χ4v) is 3.73. The number of benzene rings is 2. The number of carbonyl (C=O) groups excluding carboxylic acids is 1. The topological polar surface area (TPSA) is 85.6 Å². The van der Waals surface area contributed by atoms with E-state index in [4.69, 9.17) is 0 Å². The number of fused-ring (bicyclic) bond motifs is 1. The van der Waals surface area contributed by atoms with E-state index >= 15 is 0 Å². The second kappa shape index (κ2) is 7.01. The Morgan fingerprint density at radius 1 is 1.19 bits per heavy atom. The lowest BCUT2D eigenvalue weighted by Crippen LogP contribution is -2.28. The Kier molecular flexibility index (Phi) is 4.40. The van der Waals surface area contributed by atoms with E-state index in [1.165, 1.54) is 22.3 Å². The molecule has 0 saturated carbocycles. The number of aryl methyl sites for hydroxylation is 1. The van der Waals surface area contributed by atoms with E-state index < -0.39 is 6.04 Å². The van der Waals surface area contributed by atoms with Crippen LogP contribution in [0.3, 0.4) is 0 Å². The number of carbonyl (C=O) groups is 1. The van der Waals surface area contributed by atoms with Crippen LogP contribution in [0.2, 0.25) is 0 Å². The van der Waals surface area contributed by atoms with E-state index in [1.54, 1.807) is 0 Å². The van der Waals surface area contributed by atoms with Crippen LogP contribution < -0.4 is 5.32 Å². The first-order valence-electron chi connectivity index (χ1n) is 8.14. The van der Waals surface area contributed by atoms with Crippen LogP contribution in [0.4, 0.5) is 5.13 Å². The summed E-state index contributed by atoms with van der Waals surface area (Å²) in [7, 11) is 0. The zero-order chi connectivity index (χ0) is 17.9. The molecule has 0 fully saturated rings. The van der Waals surface area contributed by atoms with E-state index in [0.29, 0.717) is 11.6 Å². The number of thiazole rings is 1. The highest BCUT2D eigenvalue weighted by Crippen LogP contribution is 2.28. The number of hydrogen-bond donors (Lipinski definition) is 1. The first-order chi connectivity index (χ1) is 12.7. The molecule has 0 spiro atoms. The van der Waals surface area contributed by atoms with Gasteiger partial charge in [-0.1, -0.05) is 53.8 Å². The first-order valence-corrected chi connectivity index (χ1v) is 8.96. The van der Waals surface area contributed by atoms with Crippen molar-refractivity contribution in [1.29, 1.82) is 0 Å². The number of anilines is 1. The number of amides is 1. The van der Waals surface area contributed by atoms with Gasteiger partial charge in [0.1, 0.15) is 12.4 Å². The van der Waals surface area contributed by atoms with E-state index in [9.17, 15) is 4.79 Å². The third-order valence-corrected chi connectivity index (χ3v) is 5.05. The van der Waals surface area contributed by atoms with Gasteiger partial charge in [-0.15, -0.1) is 5.10 Å². The van der Waals surface area contributed by atoms with Crippen LogP contribution in [-0.2, 0) is 11.2 Å². The molecule has 1 atom stereocenters. The molecule has 26 heavy (non-hydrogen) atoms. The van der Waals surface area contributed by atoms with Gasteiger partial charge in [-0.2, -0.15) is 0 Å². The minimum absolute atomic E-state index is 0.196. The summed E-state index contributed by atoms with van der Waals surface area (Å²) in [5.41, 5.74) is 3.03. The molecule has 4 aromatic rings. The predicted molar refractivity (Wildman–Crippen MR) is 100.0 cm³/mol. The summed E-state index contributed by atoms with van der Waals surface area (Å²) in [4.78, 5) is 17.5. The molecular formula is C18H16N6OS. The van der Waals surface area contributed by atoms with Crippen molar-refractivity contribution in [3.63, 3.8) is 0 Å². The van der Waals surface area contributed by atoms with E-state index in [-0.39, 0.29) is 5.91 Å². The highest BCUT2D eigenvalue weighted by molar-refractivity contribution is 7.22. The number of tetrazole rings is 1. The van der Waals surface area contributed by atoms with Crippen molar-refractivity contribution >= 4 is 32.6 Å². The second-order valence-electron chi connectivity index (χ2n) is 5.93. The fourth-order valence-electron chi connectivity index (χ4n) is 2.78. The summed E-state index contributed by atoms with van der Waals surface area (Å²) in [6.45, 7) is 2.01. The molecular weight excluding hydrogens is 348 g/mol. The van der Waals surface area contributed by atoms with Gasteiger partial charge < -0.3 is 5.32 Å². The van der Waals surface area contributed by atoms with Gasteiger partial charge >= 0.3 is 0 Å². The van der Waals surface area contributed by atoms with Crippen molar-refractivity contribution in [2.45, 2.75) is 19.4 Å². The molecule has 4 rings (SSSR count). The summed E-state index contributed by atoms with van der Waals surface area (Å²) in [6, 6.07) is 15.2. The van der Waals surface area contributed by atoms with Gasteiger partial charge in [0.25, 0.3) is 5.91 Å². The van der Waals surface area contributed by atoms with Crippen LogP contribution in [0, 0.1) is 6.92 Å². The Balaban J connectivity index is 1.60. The minimum atomic E-state index is -0.555. The quantitative estimate of drug-likeness (QED) is 0.588. The van der Waals surface area contributed by atoms with Gasteiger partial charge in [0.2, 0.25) is 0 Å². The largest absolute Gasteiger partial charge is 0.300 e. The molecule has 2 heterocycles. The maximum Gasteiger partial charge on any atom is 0.251 e. The van der Waals surface area contributed by atoms with Crippen LogP contribution in [0.5, 0.6) is 0 Å². The van der Waals surface area contributed by atoms with E-state index in [0.717, 1.165) is 21.3 Å². The van der Waals surface area contributed by atoms with Crippen molar-refractivity contribution in [1.82, 2.24) is 25.2 Å². The third kappa shape index (κ3) is 3.31. The Morgan fingerprint density at radius 3 is 2.77 bits per heavy atom. The molecule has 0 radical (unpaired) electrons. The van der Waals surface area contributed by atoms with Crippen molar-refractivity contribution < 1.29 is 4.79 Å². The maximum atomic E-state index is 12.9. The number of nitrogens with one attached hydrogen (secondary N) is 1. The lowest BCUT2D eigenvalue weighted by Gasteiger charge is -2.15. The van der Waals surface area contributed by atoms with Gasteiger partial charge in [0, 0.05) is 6.42 Å². The highest BCUT2D eigenvalue weighted by Gasteiger charge is 2.23. The number of hydrogen-bond acceptors (Lipinski definition) is 6. The fraction of sp³-hybridized carbons (Fsp3) is 0.167. The number of aromatic nitrogens is 5. The van der Waals surface area contributed by atoms with Gasteiger partial charge in [-0.25, -0.2) is 9.67 Å². The van der Waals surface area contributed by atoms with Crippen molar-refractivity contribution in [2.75, 3.05) is 5.32 Å². The molecule has 8 heteroatoms. The monoisotopic (exact) mass is 364 g/mol. The average Bonchev–Trinajstić information content (AvgIpc) is 3.30. The molecule has 0 aliphatic rings. The third-order valence-electron chi connectivity index (χ3n) is 4.11. The summed E-state index contributed by atoms with van der Waals surface area (Å²) in [5, 5.41) is 14.7. The highest BCUT2D eigenvalue weighted by atomic mass is 32.1. The molecule has 7 nitrogen and oxygen atoms in total. The van der Waals surface area contributed by atoms with Crippen molar-refractivity contribution in [3.8, 4) is 0 Å². The van der Waals surface area contributed by atoms with E-state index in [1.807, 2.05) is 55.5 Å². The normalized spacial score (nSPS) is 12.2. The van der Waals surface area contributed by atoms with Gasteiger partial charge in [-0.3, -0.25) is 4.79 Å².